The van der Waals surface area contributed by atoms with Crippen LogP contribution in [-0.2, 0) is 0 Å². The molecular weight excluding hydrogens is 264 g/mol. The van der Waals surface area contributed by atoms with Gasteiger partial charge in [0.25, 0.3) is 0 Å². The molecular formula is C13H19BrN2. The Morgan fingerprint density at radius 1 is 1.25 bits per heavy atom. The minimum absolute atomic E-state index is 0.833. The van der Waals surface area contributed by atoms with E-state index < -0.39 is 0 Å². The van der Waals surface area contributed by atoms with Gasteiger partial charge in [-0.3, -0.25) is 0 Å². The third-order valence-corrected chi connectivity index (χ3v) is 3.81. The van der Waals surface area contributed by atoms with E-state index in [-0.39, 0.29) is 0 Å². The Morgan fingerprint density at radius 2 is 1.88 bits per heavy atom. The van der Waals surface area contributed by atoms with Crippen molar-refractivity contribution in [2.45, 2.75) is 12.8 Å². The second-order valence-corrected chi connectivity index (χ2v) is 5.55. The van der Waals surface area contributed by atoms with Crippen molar-refractivity contribution in [3.05, 3.63) is 28.7 Å². The van der Waals surface area contributed by atoms with Crippen LogP contribution in [0.25, 0.3) is 0 Å². The van der Waals surface area contributed by atoms with Crippen LogP contribution in [0.5, 0.6) is 0 Å². The summed E-state index contributed by atoms with van der Waals surface area (Å²) in [6.45, 7) is 3.59. The average Bonchev–Trinajstić information content (AvgIpc) is 2.30. The number of benzene rings is 1. The van der Waals surface area contributed by atoms with Crippen LogP contribution < -0.4 is 5.32 Å². The number of halogens is 1. The maximum Gasteiger partial charge on any atom is 0.0341 e. The minimum Gasteiger partial charge on any atom is -0.385 e. The van der Waals surface area contributed by atoms with E-state index >= 15 is 0 Å². The van der Waals surface area contributed by atoms with Gasteiger partial charge in [-0.15, -0.1) is 0 Å². The summed E-state index contributed by atoms with van der Waals surface area (Å²) in [4.78, 5) is 2.41. The maximum atomic E-state index is 3.52. The third-order valence-electron chi connectivity index (χ3n) is 3.28. The number of rotatable bonds is 3. The van der Waals surface area contributed by atoms with Gasteiger partial charge in [0.15, 0.2) is 0 Å². The summed E-state index contributed by atoms with van der Waals surface area (Å²) in [5.74, 6) is 0.833. The second kappa shape index (κ2) is 5.69. The van der Waals surface area contributed by atoms with Crippen LogP contribution in [0, 0.1) is 5.92 Å². The molecule has 0 spiro atoms. The molecule has 2 rings (SSSR count). The quantitative estimate of drug-likeness (QED) is 0.916. The van der Waals surface area contributed by atoms with E-state index in [1.807, 2.05) is 0 Å². The number of nitrogens with one attached hydrogen (secondary N) is 1. The van der Waals surface area contributed by atoms with E-state index in [4.69, 9.17) is 0 Å². The first kappa shape index (κ1) is 11.9. The molecule has 1 saturated heterocycles. The maximum absolute atomic E-state index is 3.52. The Balaban J connectivity index is 1.77. The van der Waals surface area contributed by atoms with Gasteiger partial charge in [0.05, 0.1) is 0 Å². The second-order valence-electron chi connectivity index (χ2n) is 4.63. The van der Waals surface area contributed by atoms with Gasteiger partial charge in [0.2, 0.25) is 0 Å². The number of hydrogen-bond donors (Lipinski definition) is 1. The van der Waals surface area contributed by atoms with E-state index in [1.165, 1.54) is 31.6 Å². The Morgan fingerprint density at radius 3 is 2.50 bits per heavy atom. The SMILES string of the molecule is CN1CCC(CNc2ccc(Br)cc2)CC1. The van der Waals surface area contributed by atoms with Gasteiger partial charge >= 0.3 is 0 Å². The molecule has 0 atom stereocenters. The van der Waals surface area contributed by atoms with Gasteiger partial charge in [0, 0.05) is 16.7 Å². The van der Waals surface area contributed by atoms with Crippen molar-refractivity contribution in [2.24, 2.45) is 5.92 Å². The van der Waals surface area contributed by atoms with Gasteiger partial charge < -0.3 is 10.2 Å². The molecule has 0 bridgehead atoms. The number of likely N-dealkylation sites (tertiary alicyclic amines) is 1. The zero-order valence-electron chi connectivity index (χ0n) is 9.75. The molecule has 2 nitrogen and oxygen atoms in total. The molecule has 0 saturated carbocycles. The Bertz CT molecular complexity index is 315. The molecule has 3 heteroatoms. The zero-order chi connectivity index (χ0) is 11.4. The molecule has 0 aromatic heterocycles. The minimum atomic E-state index is 0.833. The molecule has 0 radical (unpaired) electrons. The summed E-state index contributed by atoms with van der Waals surface area (Å²) in [5, 5.41) is 3.52. The number of piperidine rings is 1. The largest absolute Gasteiger partial charge is 0.385 e. The van der Waals surface area contributed by atoms with E-state index in [0.717, 1.165) is 16.9 Å². The topological polar surface area (TPSA) is 15.3 Å². The van der Waals surface area contributed by atoms with Crippen LogP contribution in [0.3, 0.4) is 0 Å². The first-order chi connectivity index (χ1) is 7.74. The van der Waals surface area contributed by atoms with Gasteiger partial charge in [0.1, 0.15) is 0 Å². The fraction of sp³-hybridized carbons (Fsp3) is 0.538. The third kappa shape index (κ3) is 3.49. The Labute approximate surface area is 106 Å². The molecule has 1 aromatic rings. The monoisotopic (exact) mass is 282 g/mol. The zero-order valence-corrected chi connectivity index (χ0v) is 11.3. The van der Waals surface area contributed by atoms with Crippen LogP contribution >= 0.6 is 15.9 Å². The fourth-order valence-electron chi connectivity index (χ4n) is 2.10. The van der Waals surface area contributed by atoms with Crippen molar-refractivity contribution >= 4 is 21.6 Å². The van der Waals surface area contributed by atoms with Crippen LogP contribution in [0.4, 0.5) is 5.69 Å². The lowest BCUT2D eigenvalue weighted by Crippen LogP contribution is -2.32. The van der Waals surface area contributed by atoms with Gasteiger partial charge in [-0.1, -0.05) is 15.9 Å². The molecule has 88 valence electrons. The normalized spacial score (nSPS) is 18.6. The highest BCUT2D eigenvalue weighted by Crippen LogP contribution is 2.18. The van der Waals surface area contributed by atoms with E-state index in [0.29, 0.717) is 0 Å². The van der Waals surface area contributed by atoms with Crippen LogP contribution in [0.15, 0.2) is 28.7 Å². The molecule has 1 aliphatic rings. The van der Waals surface area contributed by atoms with Crippen molar-refractivity contribution in [3.63, 3.8) is 0 Å². The molecule has 1 aromatic carbocycles. The predicted octanol–water partition coefficient (Wildman–Crippen LogP) is 3.20. The standard InChI is InChI=1S/C13H19BrN2/c1-16-8-6-11(7-9-16)10-15-13-4-2-12(14)3-5-13/h2-5,11,15H,6-10H2,1H3. The summed E-state index contributed by atoms with van der Waals surface area (Å²) < 4.78 is 1.14. The highest BCUT2D eigenvalue weighted by Gasteiger charge is 2.15. The fourth-order valence-corrected chi connectivity index (χ4v) is 2.36. The lowest BCUT2D eigenvalue weighted by atomic mass is 9.97. The van der Waals surface area contributed by atoms with E-state index in [9.17, 15) is 0 Å². The number of hydrogen-bond acceptors (Lipinski definition) is 2. The molecule has 1 aliphatic heterocycles. The summed E-state index contributed by atoms with van der Waals surface area (Å²) in [6.07, 6.45) is 2.64. The van der Waals surface area contributed by atoms with Crippen molar-refractivity contribution < 1.29 is 0 Å². The lowest BCUT2D eigenvalue weighted by molar-refractivity contribution is 0.226. The van der Waals surface area contributed by atoms with Crippen molar-refractivity contribution in [3.8, 4) is 0 Å². The van der Waals surface area contributed by atoms with Gasteiger partial charge in [-0.25, -0.2) is 0 Å². The van der Waals surface area contributed by atoms with E-state index in [2.05, 4.69) is 57.5 Å². The Kier molecular flexibility index (Phi) is 4.24. The highest BCUT2D eigenvalue weighted by atomic mass is 79.9. The Hall–Kier alpha value is -0.540. The van der Waals surface area contributed by atoms with E-state index in [1.54, 1.807) is 0 Å². The molecule has 1 N–H and O–H groups in total. The summed E-state index contributed by atoms with van der Waals surface area (Å²) >= 11 is 3.45. The summed E-state index contributed by atoms with van der Waals surface area (Å²) in [7, 11) is 2.21. The van der Waals surface area contributed by atoms with Crippen molar-refractivity contribution in [2.75, 3.05) is 32.0 Å². The van der Waals surface area contributed by atoms with Crippen molar-refractivity contribution in [1.29, 1.82) is 0 Å². The van der Waals surface area contributed by atoms with Crippen LogP contribution in [0.2, 0.25) is 0 Å². The highest BCUT2D eigenvalue weighted by molar-refractivity contribution is 9.10. The average molecular weight is 283 g/mol. The van der Waals surface area contributed by atoms with Crippen molar-refractivity contribution in [1.82, 2.24) is 4.90 Å². The molecule has 0 unspecified atom stereocenters. The molecule has 1 fully saturated rings. The predicted molar refractivity (Wildman–Crippen MR) is 72.9 cm³/mol. The molecule has 16 heavy (non-hydrogen) atoms. The molecule has 0 amide bonds. The van der Waals surface area contributed by atoms with Gasteiger partial charge in [-0.2, -0.15) is 0 Å². The van der Waals surface area contributed by atoms with Crippen LogP contribution in [-0.4, -0.2) is 31.6 Å². The lowest BCUT2D eigenvalue weighted by Gasteiger charge is -2.29. The first-order valence-corrected chi connectivity index (χ1v) is 6.71. The number of anilines is 1. The van der Waals surface area contributed by atoms with Crippen LogP contribution in [0.1, 0.15) is 12.8 Å². The molecule has 1 heterocycles. The summed E-state index contributed by atoms with van der Waals surface area (Å²) in [6, 6.07) is 8.41. The first-order valence-electron chi connectivity index (χ1n) is 5.92. The summed E-state index contributed by atoms with van der Waals surface area (Å²) in [5.41, 5.74) is 1.22. The number of nitrogens with zero attached hydrogens (tertiary/aromatic N) is 1. The smallest absolute Gasteiger partial charge is 0.0341 e. The molecule has 0 aliphatic carbocycles. The van der Waals surface area contributed by atoms with Gasteiger partial charge in [-0.05, 0) is 63.2 Å².